The number of aliphatic hydroxyl groups is 1. The van der Waals surface area contributed by atoms with Crippen LogP contribution in [0.4, 0.5) is 4.79 Å². The molecule has 1 aliphatic rings. The second-order valence-corrected chi connectivity index (χ2v) is 6.59. The van der Waals surface area contributed by atoms with E-state index in [0.29, 0.717) is 18.1 Å². The minimum absolute atomic E-state index is 0.00968. The van der Waals surface area contributed by atoms with Crippen molar-refractivity contribution in [3.05, 3.63) is 64.7 Å². The summed E-state index contributed by atoms with van der Waals surface area (Å²) >= 11 is 0. The third-order valence-corrected chi connectivity index (χ3v) is 4.46. The van der Waals surface area contributed by atoms with Gasteiger partial charge in [0, 0.05) is 0 Å². The fourth-order valence-corrected chi connectivity index (χ4v) is 2.71. The van der Waals surface area contributed by atoms with Crippen LogP contribution in [-0.2, 0) is 27.6 Å². The zero-order chi connectivity index (χ0) is 20.8. The van der Waals surface area contributed by atoms with Crippen LogP contribution in [0.3, 0.4) is 0 Å². The lowest BCUT2D eigenvalue weighted by Gasteiger charge is -2.10. The highest BCUT2D eigenvalue weighted by atomic mass is 16.6. The van der Waals surface area contributed by atoms with Crippen molar-refractivity contribution in [2.24, 2.45) is 5.16 Å². The van der Waals surface area contributed by atoms with Gasteiger partial charge in [-0.15, -0.1) is 0 Å². The van der Waals surface area contributed by atoms with E-state index in [4.69, 9.17) is 14.3 Å². The summed E-state index contributed by atoms with van der Waals surface area (Å²) in [7, 11) is 0. The van der Waals surface area contributed by atoms with Crippen LogP contribution in [0.1, 0.15) is 29.2 Å². The quantitative estimate of drug-likeness (QED) is 0.523. The number of hydrogen-bond acceptors (Lipinski definition) is 7. The first kappa shape index (κ1) is 20.3. The van der Waals surface area contributed by atoms with Crippen LogP contribution in [-0.4, -0.2) is 35.5 Å². The van der Waals surface area contributed by atoms with E-state index in [2.05, 4.69) is 5.16 Å². The fourth-order valence-electron chi connectivity index (χ4n) is 2.71. The molecule has 2 aromatic carbocycles. The second-order valence-electron chi connectivity index (χ2n) is 6.59. The average Bonchev–Trinajstić information content (AvgIpc) is 3.05. The Labute approximate surface area is 168 Å². The maximum atomic E-state index is 11.4. The molecule has 1 fully saturated rings. The molecule has 0 radical (unpaired) electrons. The van der Waals surface area contributed by atoms with Crippen LogP contribution in [0.2, 0.25) is 0 Å². The number of ether oxygens (including phenoxy) is 2. The molecule has 1 atom stereocenters. The summed E-state index contributed by atoms with van der Waals surface area (Å²) in [5.74, 6) is 0.0286. The smallest absolute Gasteiger partial charge is 0.414 e. The zero-order valence-corrected chi connectivity index (χ0v) is 16.2. The molecule has 0 aliphatic carbocycles. The molecule has 1 unspecified atom stereocenters. The van der Waals surface area contributed by atoms with Gasteiger partial charge in [-0.2, -0.15) is 0 Å². The van der Waals surface area contributed by atoms with Gasteiger partial charge in [0.15, 0.2) is 0 Å². The number of hydrogen-bond donors (Lipinski definition) is 2. The number of cyclic esters (lactones) is 1. The number of carbonyl (C=O) groups excluding carboxylic acids is 2. The highest BCUT2D eigenvalue weighted by molar-refractivity contribution is 6.00. The molecule has 0 spiro atoms. The number of imide groups is 1. The molecule has 0 saturated carbocycles. The average molecular weight is 398 g/mol. The number of amides is 2. The minimum atomic E-state index is -0.938. The largest absolute Gasteiger partial charge is 0.489 e. The van der Waals surface area contributed by atoms with E-state index in [1.165, 1.54) is 0 Å². The van der Waals surface area contributed by atoms with Crippen molar-refractivity contribution in [2.75, 3.05) is 6.61 Å². The molecular formula is C21H22N2O6. The number of benzene rings is 2. The Morgan fingerprint density at radius 1 is 1.21 bits per heavy atom. The first-order valence-corrected chi connectivity index (χ1v) is 9.07. The molecule has 1 heterocycles. The molecule has 8 nitrogen and oxygen atoms in total. The van der Waals surface area contributed by atoms with Gasteiger partial charge in [0.2, 0.25) is 6.10 Å². The van der Waals surface area contributed by atoms with Gasteiger partial charge < -0.3 is 19.4 Å². The van der Waals surface area contributed by atoms with Crippen molar-refractivity contribution in [1.29, 1.82) is 0 Å². The molecule has 8 heteroatoms. The number of nitrogens with one attached hydrogen (secondary N) is 1. The van der Waals surface area contributed by atoms with Crippen molar-refractivity contribution in [3.63, 3.8) is 0 Å². The van der Waals surface area contributed by atoms with E-state index in [9.17, 15) is 14.7 Å². The Hall–Kier alpha value is -3.39. The number of nitrogens with zero attached hydrogens (tertiary/aromatic N) is 1. The summed E-state index contributed by atoms with van der Waals surface area (Å²) in [5.41, 5.74) is 4.37. The molecule has 3 rings (SSSR count). The van der Waals surface area contributed by atoms with Crippen LogP contribution in [0.15, 0.2) is 47.6 Å². The number of carbonyl (C=O) groups is 2. The van der Waals surface area contributed by atoms with Crippen LogP contribution in [0.25, 0.3) is 0 Å². The number of oxime groups is 1. The third-order valence-electron chi connectivity index (χ3n) is 4.46. The van der Waals surface area contributed by atoms with Crippen molar-refractivity contribution in [2.45, 2.75) is 33.2 Å². The van der Waals surface area contributed by atoms with E-state index >= 15 is 0 Å². The molecule has 1 saturated heterocycles. The predicted octanol–water partition coefficient (Wildman–Crippen LogP) is 2.44. The maximum Gasteiger partial charge on any atom is 0.414 e. The van der Waals surface area contributed by atoms with Gasteiger partial charge in [0.05, 0.1) is 12.3 Å². The maximum absolute atomic E-state index is 11.4. The molecule has 0 aromatic heterocycles. The number of rotatable bonds is 8. The van der Waals surface area contributed by atoms with Crippen molar-refractivity contribution >= 4 is 17.7 Å². The van der Waals surface area contributed by atoms with E-state index in [1.54, 1.807) is 12.1 Å². The Bertz CT molecular complexity index is 923. The predicted molar refractivity (Wildman–Crippen MR) is 104 cm³/mol. The summed E-state index contributed by atoms with van der Waals surface area (Å²) in [5, 5.41) is 15.5. The second kappa shape index (κ2) is 9.20. The van der Waals surface area contributed by atoms with Gasteiger partial charge in [-0.3, -0.25) is 10.1 Å². The standard InChI is InChI=1S/C21H22N2O6/c1-13-3-4-15(9-17(13)10-24)11-28-23-14(2)16-5-7-18(8-6-16)27-12-19-20(25)22-21(26)29-19/h3-9,19,24H,10-12H2,1-2H3,(H,22,25,26)/b23-14+. The summed E-state index contributed by atoms with van der Waals surface area (Å²) < 4.78 is 10.3. The van der Waals surface area contributed by atoms with Crippen molar-refractivity contribution in [3.8, 4) is 5.75 Å². The van der Waals surface area contributed by atoms with Crippen LogP contribution in [0, 0.1) is 6.92 Å². The molecule has 29 heavy (non-hydrogen) atoms. The molecule has 0 bridgehead atoms. The van der Waals surface area contributed by atoms with E-state index in [-0.39, 0.29) is 13.2 Å². The SMILES string of the molecule is C/C(=N\OCc1ccc(C)c(CO)c1)c1ccc(OCC2OC(=O)NC2=O)cc1. The molecule has 2 N–H and O–H groups in total. The van der Waals surface area contributed by atoms with Crippen LogP contribution in [0.5, 0.6) is 5.75 Å². The monoisotopic (exact) mass is 398 g/mol. The normalized spacial score (nSPS) is 16.4. The molecule has 2 aromatic rings. The highest BCUT2D eigenvalue weighted by Gasteiger charge is 2.32. The van der Waals surface area contributed by atoms with E-state index in [0.717, 1.165) is 22.3 Å². The lowest BCUT2D eigenvalue weighted by Crippen LogP contribution is -2.29. The summed E-state index contributed by atoms with van der Waals surface area (Å²) in [6.45, 7) is 4.01. The van der Waals surface area contributed by atoms with Crippen molar-refractivity contribution in [1.82, 2.24) is 5.32 Å². The van der Waals surface area contributed by atoms with Crippen LogP contribution >= 0.6 is 0 Å². The molecule has 1 aliphatic heterocycles. The zero-order valence-electron chi connectivity index (χ0n) is 16.2. The first-order valence-electron chi connectivity index (χ1n) is 9.07. The lowest BCUT2D eigenvalue weighted by atomic mass is 10.1. The highest BCUT2D eigenvalue weighted by Crippen LogP contribution is 2.15. The minimum Gasteiger partial charge on any atom is -0.489 e. The number of alkyl carbamates (subject to hydrolysis) is 1. The van der Waals surface area contributed by atoms with Gasteiger partial charge in [0.1, 0.15) is 19.0 Å². The summed E-state index contributed by atoms with van der Waals surface area (Å²) in [4.78, 5) is 27.8. The Balaban J connectivity index is 1.52. The van der Waals surface area contributed by atoms with Crippen LogP contribution < -0.4 is 10.1 Å². The van der Waals surface area contributed by atoms with Gasteiger partial charge in [0.25, 0.3) is 5.91 Å². The molecule has 2 amide bonds. The number of aliphatic hydroxyl groups excluding tert-OH is 1. The summed E-state index contributed by atoms with van der Waals surface area (Å²) in [6.07, 6.45) is -1.70. The Morgan fingerprint density at radius 2 is 1.97 bits per heavy atom. The topological polar surface area (TPSA) is 106 Å². The van der Waals surface area contributed by atoms with Gasteiger partial charge in [-0.1, -0.05) is 17.3 Å². The summed E-state index contributed by atoms with van der Waals surface area (Å²) in [6, 6.07) is 12.9. The van der Waals surface area contributed by atoms with Gasteiger partial charge in [-0.25, -0.2) is 4.79 Å². The van der Waals surface area contributed by atoms with E-state index in [1.807, 2.05) is 49.5 Å². The van der Waals surface area contributed by atoms with Crippen molar-refractivity contribution < 1.29 is 29.0 Å². The van der Waals surface area contributed by atoms with E-state index < -0.39 is 18.1 Å². The first-order chi connectivity index (χ1) is 14.0. The molecule has 152 valence electrons. The fraction of sp³-hybridized carbons (Fsp3) is 0.286. The van der Waals surface area contributed by atoms with Gasteiger partial charge >= 0.3 is 6.09 Å². The van der Waals surface area contributed by atoms with Gasteiger partial charge in [-0.05, 0) is 66.4 Å². The Kier molecular flexibility index (Phi) is 6.46. The Morgan fingerprint density at radius 3 is 2.62 bits per heavy atom. The molecular weight excluding hydrogens is 376 g/mol. The lowest BCUT2D eigenvalue weighted by molar-refractivity contribution is -0.124. The third kappa shape index (κ3) is 5.32. The number of aryl methyl sites for hydroxylation is 1.